The van der Waals surface area contributed by atoms with Gasteiger partial charge in [0.25, 0.3) is 0 Å². The molecule has 0 spiro atoms. The van der Waals surface area contributed by atoms with E-state index < -0.39 is 27.4 Å². The molecule has 6 nitrogen and oxygen atoms in total. The molecule has 2 aromatic carbocycles. The zero-order valence-electron chi connectivity index (χ0n) is 13.5. The van der Waals surface area contributed by atoms with Crippen molar-refractivity contribution in [2.75, 3.05) is 0 Å². The third-order valence-electron chi connectivity index (χ3n) is 3.12. The highest BCUT2D eigenvalue weighted by atomic mass is 32.2. The highest BCUT2D eigenvalue weighted by Gasteiger charge is 2.49. The molecule has 10 heteroatoms. The van der Waals surface area contributed by atoms with Crippen LogP contribution < -0.4 is 4.74 Å². The lowest BCUT2D eigenvalue weighted by Crippen LogP contribution is -2.26. The first-order chi connectivity index (χ1) is 12.6. The summed E-state index contributed by atoms with van der Waals surface area (Å²) < 4.78 is 68.1. The van der Waals surface area contributed by atoms with E-state index in [1.165, 1.54) is 24.3 Å². The predicted molar refractivity (Wildman–Crippen MR) is 88.9 cm³/mol. The molecule has 0 amide bonds. The fourth-order valence-corrected chi connectivity index (χ4v) is 2.29. The van der Waals surface area contributed by atoms with Crippen molar-refractivity contribution in [2.45, 2.75) is 12.1 Å². The monoisotopic (exact) mass is 402 g/mol. The summed E-state index contributed by atoms with van der Waals surface area (Å²) in [4.78, 5) is 11.0. The Morgan fingerprint density at radius 3 is 2.15 bits per heavy atom. The van der Waals surface area contributed by atoms with Gasteiger partial charge in [-0.3, -0.25) is 0 Å². The lowest BCUT2D eigenvalue weighted by atomic mass is 10.2. The van der Waals surface area contributed by atoms with E-state index in [1.807, 2.05) is 30.3 Å². The van der Waals surface area contributed by atoms with Gasteiger partial charge in [0.2, 0.25) is 5.76 Å². The molecule has 0 radical (unpaired) electrons. The van der Waals surface area contributed by atoms with Crippen molar-refractivity contribution in [3.63, 3.8) is 0 Å². The van der Waals surface area contributed by atoms with Gasteiger partial charge >= 0.3 is 21.6 Å². The second-order valence-electron chi connectivity index (χ2n) is 5.14. The maximum Gasteiger partial charge on any atom is 0.534 e. The van der Waals surface area contributed by atoms with Gasteiger partial charge in [-0.05, 0) is 29.3 Å². The number of ether oxygens (including phenoxy) is 1. The van der Waals surface area contributed by atoms with Crippen molar-refractivity contribution in [1.29, 1.82) is 0 Å². The minimum Gasteiger partial charge on any atom is -0.489 e. The molecule has 0 fully saturated rings. The summed E-state index contributed by atoms with van der Waals surface area (Å²) in [6.45, 7) is 0.281. The number of aliphatic carboxylic acids is 1. The summed E-state index contributed by atoms with van der Waals surface area (Å²) in [6, 6.07) is 14.8. The van der Waals surface area contributed by atoms with E-state index in [1.54, 1.807) is 0 Å². The summed E-state index contributed by atoms with van der Waals surface area (Å²) in [5.41, 5.74) is -4.71. The van der Waals surface area contributed by atoms with Crippen molar-refractivity contribution >= 4 is 22.2 Å². The number of rotatable bonds is 7. The summed E-state index contributed by atoms with van der Waals surface area (Å²) in [5.74, 6) is -2.92. The highest BCUT2D eigenvalue weighted by Crippen LogP contribution is 2.27. The number of carbonyl (C=O) groups is 1. The van der Waals surface area contributed by atoms with Gasteiger partial charge < -0.3 is 14.0 Å². The number of alkyl halides is 3. The van der Waals surface area contributed by atoms with Gasteiger partial charge in [-0.25, -0.2) is 4.79 Å². The second kappa shape index (κ2) is 8.12. The molecule has 27 heavy (non-hydrogen) atoms. The van der Waals surface area contributed by atoms with Crippen LogP contribution in [0.15, 0.2) is 60.4 Å². The molecule has 0 aliphatic heterocycles. The lowest BCUT2D eigenvalue weighted by molar-refractivity contribution is -0.135. The Labute approximate surface area is 152 Å². The maximum absolute atomic E-state index is 12.3. The van der Waals surface area contributed by atoms with Crippen LogP contribution in [0.25, 0.3) is 6.08 Å². The van der Waals surface area contributed by atoms with E-state index in [0.717, 1.165) is 5.56 Å². The van der Waals surface area contributed by atoms with E-state index >= 15 is 0 Å². The molecule has 0 saturated heterocycles. The zero-order chi connectivity index (χ0) is 20.1. The largest absolute Gasteiger partial charge is 0.534 e. The molecule has 0 aliphatic carbocycles. The Kier molecular flexibility index (Phi) is 6.11. The third-order valence-corrected chi connectivity index (χ3v) is 4.09. The Bertz CT molecular complexity index is 919. The molecule has 0 heterocycles. The normalized spacial score (nSPS) is 12.5. The van der Waals surface area contributed by atoms with Crippen molar-refractivity contribution in [1.82, 2.24) is 0 Å². The van der Waals surface area contributed by atoms with Crippen LogP contribution >= 0.6 is 0 Å². The van der Waals surface area contributed by atoms with E-state index in [4.69, 9.17) is 9.84 Å². The average Bonchev–Trinajstić information content (AvgIpc) is 2.60. The van der Waals surface area contributed by atoms with Gasteiger partial charge in [0.1, 0.15) is 12.4 Å². The van der Waals surface area contributed by atoms with Gasteiger partial charge in [0, 0.05) is 0 Å². The van der Waals surface area contributed by atoms with Gasteiger partial charge in [0.15, 0.2) is 0 Å². The van der Waals surface area contributed by atoms with E-state index in [2.05, 4.69) is 4.18 Å². The zero-order valence-corrected chi connectivity index (χ0v) is 14.3. The number of halogens is 3. The number of hydrogen-bond donors (Lipinski definition) is 1. The first-order valence-electron chi connectivity index (χ1n) is 7.31. The van der Waals surface area contributed by atoms with Crippen LogP contribution in [0.3, 0.4) is 0 Å². The molecule has 2 rings (SSSR count). The van der Waals surface area contributed by atoms with Crippen molar-refractivity contribution in [3.05, 3.63) is 71.5 Å². The molecule has 0 saturated carbocycles. The number of hydrogen-bond acceptors (Lipinski definition) is 5. The fourth-order valence-electron chi connectivity index (χ4n) is 1.84. The number of carboxylic acids is 1. The van der Waals surface area contributed by atoms with Crippen molar-refractivity contribution in [3.8, 4) is 5.75 Å². The molecule has 0 aromatic heterocycles. The topological polar surface area (TPSA) is 89.9 Å². The third kappa shape index (κ3) is 5.74. The maximum atomic E-state index is 12.3. The predicted octanol–water partition coefficient (Wildman–Crippen LogP) is 3.56. The quantitative estimate of drug-likeness (QED) is 0.330. The van der Waals surface area contributed by atoms with Gasteiger partial charge in [-0.1, -0.05) is 42.5 Å². The van der Waals surface area contributed by atoms with Crippen LogP contribution in [0.1, 0.15) is 11.1 Å². The van der Waals surface area contributed by atoms with Crippen molar-refractivity contribution in [2.24, 2.45) is 0 Å². The molecule has 0 aliphatic rings. The molecule has 0 unspecified atom stereocenters. The molecule has 1 N–H and O–H groups in total. The molecule has 0 bridgehead atoms. The van der Waals surface area contributed by atoms with E-state index in [9.17, 15) is 26.4 Å². The van der Waals surface area contributed by atoms with Crippen LogP contribution in [-0.4, -0.2) is 25.0 Å². The fraction of sp³-hybridized carbons (Fsp3) is 0.118. The van der Waals surface area contributed by atoms with E-state index in [-0.39, 0.29) is 12.2 Å². The van der Waals surface area contributed by atoms with Crippen molar-refractivity contribution < 1.29 is 40.4 Å². The molecule has 144 valence electrons. The summed E-state index contributed by atoms with van der Waals surface area (Å²) >= 11 is 0. The summed E-state index contributed by atoms with van der Waals surface area (Å²) in [7, 11) is -6.08. The van der Waals surface area contributed by atoms with E-state index in [0.29, 0.717) is 11.8 Å². The first-order valence-corrected chi connectivity index (χ1v) is 8.72. The lowest BCUT2D eigenvalue weighted by Gasteiger charge is -2.10. The Balaban J connectivity index is 2.12. The molecular formula is C17H13F3O6S. The van der Waals surface area contributed by atoms with Crippen LogP contribution in [0.4, 0.5) is 13.2 Å². The molecule has 2 aromatic rings. The Morgan fingerprint density at radius 1 is 1.04 bits per heavy atom. The van der Waals surface area contributed by atoms with Crippen LogP contribution in [0.5, 0.6) is 5.75 Å². The Morgan fingerprint density at radius 2 is 1.63 bits per heavy atom. The van der Waals surface area contributed by atoms with Crippen LogP contribution in [0, 0.1) is 0 Å². The van der Waals surface area contributed by atoms with Crippen LogP contribution in [0.2, 0.25) is 0 Å². The second-order valence-corrected chi connectivity index (χ2v) is 6.68. The standard InChI is InChI=1S/C17H13F3O6S/c18-17(19,20)27(23,24)26-15(16(21)22)10-12-6-8-14(9-7-12)25-11-13-4-2-1-3-5-13/h1-10H,11H2,(H,21,22)/b15-10-. The first kappa shape index (κ1) is 20.3. The molecule has 0 atom stereocenters. The number of benzene rings is 2. The van der Waals surface area contributed by atoms with Gasteiger partial charge in [-0.2, -0.15) is 21.6 Å². The average molecular weight is 402 g/mol. The molecular weight excluding hydrogens is 389 g/mol. The number of carboxylic acid groups (broad SMARTS) is 1. The minimum atomic E-state index is -6.08. The van der Waals surface area contributed by atoms with Gasteiger partial charge in [0.05, 0.1) is 0 Å². The highest BCUT2D eigenvalue weighted by molar-refractivity contribution is 7.87. The Hall–Kier alpha value is -3.01. The van der Waals surface area contributed by atoms with Gasteiger partial charge in [-0.15, -0.1) is 0 Å². The van der Waals surface area contributed by atoms with Crippen LogP contribution in [-0.2, 0) is 25.7 Å². The summed E-state index contributed by atoms with van der Waals surface area (Å²) in [6.07, 6.45) is 0.659. The summed E-state index contributed by atoms with van der Waals surface area (Å²) in [5, 5.41) is 8.88. The SMILES string of the molecule is O=C(O)/C(=C/c1ccc(OCc2ccccc2)cc1)OS(=O)(=O)C(F)(F)F. The smallest absolute Gasteiger partial charge is 0.489 e. The minimum absolute atomic E-state index is 0.108.